The van der Waals surface area contributed by atoms with Crippen molar-refractivity contribution in [3.8, 4) is 0 Å². The summed E-state index contributed by atoms with van der Waals surface area (Å²) in [6.07, 6.45) is -0.855. The third kappa shape index (κ3) is 3.74. The molecule has 0 radical (unpaired) electrons. The van der Waals surface area contributed by atoms with Crippen LogP contribution in [0, 0.1) is 0 Å². The van der Waals surface area contributed by atoms with Crippen molar-refractivity contribution in [3.63, 3.8) is 0 Å². The zero-order valence-electron chi connectivity index (χ0n) is 11.9. The fraction of sp³-hybridized carbons (Fsp3) is 0.385. The Balaban J connectivity index is 2.16. The molecule has 0 spiro atoms. The molecule has 1 aromatic carbocycles. The molecule has 1 N–H and O–H groups in total. The van der Waals surface area contributed by atoms with Crippen molar-refractivity contribution in [1.82, 2.24) is 9.03 Å². The summed E-state index contributed by atoms with van der Waals surface area (Å²) < 4.78 is 36.3. The summed E-state index contributed by atoms with van der Waals surface area (Å²) in [6, 6.07) is 7.74. The largest absolute Gasteiger partial charge is 0.468 e. The van der Waals surface area contributed by atoms with E-state index in [-0.39, 0.29) is 19.6 Å². The number of methoxy groups -OCH3 is 1. The maximum Gasteiger partial charge on any atom is 0.424 e. The van der Waals surface area contributed by atoms with Crippen LogP contribution in [0.4, 0.5) is 4.79 Å². The van der Waals surface area contributed by atoms with Gasteiger partial charge in [-0.05, 0) is 12.0 Å². The molecule has 1 atom stereocenters. The number of carbonyl (C=O) groups is 2. The van der Waals surface area contributed by atoms with Gasteiger partial charge < -0.3 is 9.47 Å². The van der Waals surface area contributed by atoms with E-state index in [4.69, 9.17) is 0 Å². The zero-order valence-corrected chi connectivity index (χ0v) is 12.7. The Morgan fingerprint density at radius 1 is 1.41 bits per heavy atom. The van der Waals surface area contributed by atoms with Crippen LogP contribution >= 0.6 is 0 Å². The van der Waals surface area contributed by atoms with Crippen LogP contribution in [0.1, 0.15) is 5.56 Å². The predicted molar refractivity (Wildman–Crippen MR) is 76.1 cm³/mol. The standard InChI is InChI=1S/C13H16N2O6S/c1-20-12(16)11(9-10-5-3-2-4-6-10)14-22(18,19)15-7-8-21-13(15)17/h2-6,11,14H,7-9H2,1H3/t11-/m0/s1. The van der Waals surface area contributed by atoms with Gasteiger partial charge in [0, 0.05) is 0 Å². The summed E-state index contributed by atoms with van der Waals surface area (Å²) in [4.78, 5) is 23.2. The highest BCUT2D eigenvalue weighted by Gasteiger charge is 2.36. The number of nitrogens with zero attached hydrogens (tertiary/aromatic N) is 1. The van der Waals surface area contributed by atoms with E-state index >= 15 is 0 Å². The second kappa shape index (κ2) is 6.75. The van der Waals surface area contributed by atoms with Crippen LogP contribution in [0.5, 0.6) is 0 Å². The van der Waals surface area contributed by atoms with Gasteiger partial charge in [0.25, 0.3) is 0 Å². The minimum Gasteiger partial charge on any atom is -0.468 e. The number of nitrogens with one attached hydrogen (secondary N) is 1. The third-order valence-electron chi connectivity index (χ3n) is 3.07. The topological polar surface area (TPSA) is 102 Å². The SMILES string of the molecule is COC(=O)[C@H](Cc1ccccc1)NS(=O)(=O)N1CCOC1=O. The molecule has 1 aliphatic heterocycles. The van der Waals surface area contributed by atoms with Gasteiger partial charge in [0.15, 0.2) is 0 Å². The fourth-order valence-electron chi connectivity index (χ4n) is 2.01. The summed E-state index contributed by atoms with van der Waals surface area (Å²) in [7, 11) is -3.01. The van der Waals surface area contributed by atoms with E-state index in [1.54, 1.807) is 30.3 Å². The smallest absolute Gasteiger partial charge is 0.424 e. The first-order valence-electron chi connectivity index (χ1n) is 6.52. The first kappa shape index (κ1) is 16.2. The van der Waals surface area contributed by atoms with Gasteiger partial charge in [0.2, 0.25) is 0 Å². The summed E-state index contributed by atoms with van der Waals surface area (Å²) in [5.41, 5.74) is 0.754. The van der Waals surface area contributed by atoms with Crippen molar-refractivity contribution in [2.75, 3.05) is 20.3 Å². The first-order valence-corrected chi connectivity index (χ1v) is 7.96. The molecule has 22 heavy (non-hydrogen) atoms. The summed E-state index contributed by atoms with van der Waals surface area (Å²) in [5, 5.41) is 0. The van der Waals surface area contributed by atoms with E-state index < -0.39 is 28.3 Å². The fourth-order valence-corrected chi connectivity index (χ4v) is 3.24. The van der Waals surface area contributed by atoms with E-state index in [0.717, 1.165) is 5.56 Å². The highest BCUT2D eigenvalue weighted by Crippen LogP contribution is 2.11. The molecule has 2 rings (SSSR count). The molecule has 0 bridgehead atoms. The van der Waals surface area contributed by atoms with Gasteiger partial charge in [-0.1, -0.05) is 30.3 Å². The summed E-state index contributed by atoms with van der Waals surface area (Å²) in [6.45, 7) is -0.102. The Bertz CT molecular complexity index is 646. The van der Waals surface area contributed by atoms with Crippen LogP contribution in [0.3, 0.4) is 0 Å². The van der Waals surface area contributed by atoms with E-state index in [1.807, 2.05) is 0 Å². The van der Waals surface area contributed by atoms with Gasteiger partial charge in [-0.3, -0.25) is 4.79 Å². The van der Waals surface area contributed by atoms with Gasteiger partial charge >= 0.3 is 22.3 Å². The van der Waals surface area contributed by atoms with Crippen molar-refractivity contribution in [3.05, 3.63) is 35.9 Å². The van der Waals surface area contributed by atoms with E-state index in [1.165, 1.54) is 7.11 Å². The molecular formula is C13H16N2O6S. The number of rotatable bonds is 6. The molecule has 1 saturated heterocycles. The maximum absolute atomic E-state index is 12.2. The third-order valence-corrected chi connectivity index (χ3v) is 4.57. The quantitative estimate of drug-likeness (QED) is 0.741. The highest BCUT2D eigenvalue weighted by molar-refractivity contribution is 7.87. The minimum atomic E-state index is -4.18. The highest BCUT2D eigenvalue weighted by atomic mass is 32.2. The number of cyclic esters (lactones) is 1. The number of hydrogen-bond acceptors (Lipinski definition) is 6. The van der Waals surface area contributed by atoms with Crippen molar-refractivity contribution >= 4 is 22.3 Å². The van der Waals surface area contributed by atoms with Crippen molar-refractivity contribution in [2.24, 2.45) is 0 Å². The normalized spacial score (nSPS) is 16.2. The molecule has 1 heterocycles. The van der Waals surface area contributed by atoms with E-state index in [9.17, 15) is 18.0 Å². The molecule has 0 saturated carbocycles. The van der Waals surface area contributed by atoms with Crippen LogP contribution in [0.2, 0.25) is 0 Å². The Labute approximate surface area is 128 Å². The second-order valence-electron chi connectivity index (χ2n) is 4.57. The van der Waals surface area contributed by atoms with Gasteiger partial charge in [-0.25, -0.2) is 4.79 Å². The molecule has 9 heteroatoms. The molecule has 120 valence electrons. The zero-order chi connectivity index (χ0) is 16.2. The lowest BCUT2D eigenvalue weighted by molar-refractivity contribution is -0.142. The number of benzene rings is 1. The molecule has 8 nitrogen and oxygen atoms in total. The molecule has 1 aromatic rings. The van der Waals surface area contributed by atoms with Gasteiger partial charge in [0.05, 0.1) is 13.7 Å². The number of hydrogen-bond donors (Lipinski definition) is 1. The minimum absolute atomic E-state index is 0.0126. The monoisotopic (exact) mass is 328 g/mol. The van der Waals surface area contributed by atoms with Gasteiger partial charge in [0.1, 0.15) is 12.6 Å². The molecule has 1 amide bonds. The van der Waals surface area contributed by atoms with Crippen LogP contribution in [-0.2, 0) is 30.9 Å². The number of carbonyl (C=O) groups excluding carboxylic acids is 2. The Morgan fingerprint density at radius 3 is 2.64 bits per heavy atom. The lowest BCUT2D eigenvalue weighted by atomic mass is 10.1. The van der Waals surface area contributed by atoms with E-state index in [2.05, 4.69) is 14.2 Å². The number of ether oxygens (including phenoxy) is 2. The number of esters is 1. The lowest BCUT2D eigenvalue weighted by Gasteiger charge is -2.20. The molecule has 1 fully saturated rings. The van der Waals surface area contributed by atoms with Gasteiger partial charge in [-0.2, -0.15) is 17.4 Å². The van der Waals surface area contributed by atoms with Crippen molar-refractivity contribution < 1.29 is 27.5 Å². The summed E-state index contributed by atoms with van der Waals surface area (Å²) >= 11 is 0. The molecule has 0 aromatic heterocycles. The Hall–Kier alpha value is -2.13. The first-order chi connectivity index (χ1) is 10.4. The second-order valence-corrected chi connectivity index (χ2v) is 6.20. The number of amides is 1. The molecule has 0 unspecified atom stereocenters. The predicted octanol–water partition coefficient (Wildman–Crippen LogP) is 0.0573. The van der Waals surface area contributed by atoms with Crippen molar-refractivity contribution in [1.29, 1.82) is 0 Å². The van der Waals surface area contributed by atoms with Crippen LogP contribution in [0.15, 0.2) is 30.3 Å². The maximum atomic E-state index is 12.2. The van der Waals surface area contributed by atoms with Crippen LogP contribution in [0.25, 0.3) is 0 Å². The molecular weight excluding hydrogens is 312 g/mol. The van der Waals surface area contributed by atoms with Crippen molar-refractivity contribution in [2.45, 2.75) is 12.5 Å². The molecule has 1 aliphatic rings. The Morgan fingerprint density at radius 2 is 2.09 bits per heavy atom. The lowest BCUT2D eigenvalue weighted by Crippen LogP contribution is -2.49. The Kier molecular flexibility index (Phi) is 4.99. The van der Waals surface area contributed by atoms with Crippen LogP contribution < -0.4 is 4.72 Å². The average molecular weight is 328 g/mol. The van der Waals surface area contributed by atoms with E-state index in [0.29, 0.717) is 4.31 Å². The molecule has 0 aliphatic carbocycles. The average Bonchev–Trinajstić information content (AvgIpc) is 2.93. The summed E-state index contributed by atoms with van der Waals surface area (Å²) in [5.74, 6) is -0.736. The van der Waals surface area contributed by atoms with Crippen LogP contribution in [-0.4, -0.2) is 51.1 Å². The van der Waals surface area contributed by atoms with Gasteiger partial charge in [-0.15, -0.1) is 0 Å².